The third-order valence-electron chi connectivity index (χ3n) is 1.95. The second-order valence-corrected chi connectivity index (χ2v) is 4.72. The van der Waals surface area contributed by atoms with Crippen LogP contribution in [0.3, 0.4) is 0 Å². The Labute approximate surface area is 108 Å². The maximum Gasteiger partial charge on any atom is 0.394 e. The summed E-state index contributed by atoms with van der Waals surface area (Å²) in [6.45, 7) is 0. The molecule has 0 saturated carbocycles. The predicted octanol–water partition coefficient (Wildman–Crippen LogP) is 3.70. The molecule has 2 heterocycles. The van der Waals surface area contributed by atoms with Crippen molar-refractivity contribution in [1.29, 1.82) is 0 Å². The number of alkyl halides is 3. The zero-order valence-corrected chi connectivity index (χ0v) is 10.6. The van der Waals surface area contributed by atoms with E-state index in [1.54, 1.807) is 12.3 Å². The molecule has 0 N–H and O–H groups in total. The van der Waals surface area contributed by atoms with Crippen LogP contribution in [-0.2, 0) is 6.42 Å². The van der Waals surface area contributed by atoms with E-state index in [2.05, 4.69) is 4.98 Å². The first kappa shape index (κ1) is 12.0. The van der Waals surface area contributed by atoms with E-state index < -0.39 is 12.6 Å². The van der Waals surface area contributed by atoms with Gasteiger partial charge in [0.1, 0.15) is 0 Å². The molecule has 0 unspecified atom stereocenters. The van der Waals surface area contributed by atoms with Gasteiger partial charge in [-0.25, -0.2) is 4.98 Å². The van der Waals surface area contributed by atoms with Gasteiger partial charge >= 0.3 is 6.18 Å². The summed E-state index contributed by atoms with van der Waals surface area (Å²) in [4.78, 5) is 3.91. The van der Waals surface area contributed by atoms with E-state index in [1.807, 2.05) is 22.6 Å². The number of hydrogen-bond donors (Lipinski definition) is 0. The van der Waals surface area contributed by atoms with Crippen molar-refractivity contribution in [2.75, 3.05) is 0 Å². The van der Waals surface area contributed by atoms with Gasteiger partial charge in [0.25, 0.3) is 0 Å². The van der Waals surface area contributed by atoms with Crippen LogP contribution in [0.25, 0.3) is 5.65 Å². The lowest BCUT2D eigenvalue weighted by Crippen LogP contribution is -2.11. The highest BCUT2D eigenvalue weighted by Gasteiger charge is 2.29. The molecule has 2 aromatic rings. The normalized spacial score (nSPS) is 12.3. The SMILES string of the molecule is FC(F)(F)Cc1cn2ccc(Cl)c(I)c2n1. The molecule has 0 aromatic carbocycles. The fraction of sp³-hybridized carbons (Fsp3) is 0.222. The average molecular weight is 361 g/mol. The third-order valence-corrected chi connectivity index (χ3v) is 3.65. The summed E-state index contributed by atoms with van der Waals surface area (Å²) in [6.07, 6.45) is -2.32. The second kappa shape index (κ2) is 4.06. The van der Waals surface area contributed by atoms with E-state index in [0.29, 0.717) is 14.2 Å². The van der Waals surface area contributed by atoms with Crippen LogP contribution in [0.4, 0.5) is 13.2 Å². The molecule has 2 rings (SSSR count). The predicted molar refractivity (Wildman–Crippen MR) is 62.7 cm³/mol. The molecule has 0 aliphatic heterocycles. The molecule has 0 radical (unpaired) electrons. The van der Waals surface area contributed by atoms with Gasteiger partial charge in [-0.1, -0.05) is 11.6 Å². The number of pyridine rings is 1. The van der Waals surface area contributed by atoms with Crippen molar-refractivity contribution in [3.8, 4) is 0 Å². The Morgan fingerprint density at radius 3 is 2.75 bits per heavy atom. The van der Waals surface area contributed by atoms with Crippen molar-refractivity contribution in [1.82, 2.24) is 9.38 Å². The molecule has 0 bridgehead atoms. The number of nitrogens with zero attached hydrogens (tertiary/aromatic N) is 2. The first-order valence-corrected chi connectivity index (χ1v) is 5.71. The van der Waals surface area contributed by atoms with Crippen LogP contribution in [0.5, 0.6) is 0 Å². The third kappa shape index (κ3) is 2.42. The largest absolute Gasteiger partial charge is 0.394 e. The van der Waals surface area contributed by atoms with Crippen LogP contribution in [0.1, 0.15) is 5.69 Å². The zero-order valence-electron chi connectivity index (χ0n) is 7.72. The van der Waals surface area contributed by atoms with Crippen molar-refractivity contribution >= 4 is 39.8 Å². The van der Waals surface area contributed by atoms with Crippen LogP contribution in [-0.4, -0.2) is 15.6 Å². The molecule has 7 heteroatoms. The van der Waals surface area contributed by atoms with E-state index in [0.717, 1.165) is 0 Å². The minimum atomic E-state index is -4.24. The number of halogens is 5. The molecule has 2 nitrogen and oxygen atoms in total. The monoisotopic (exact) mass is 360 g/mol. The summed E-state index contributed by atoms with van der Waals surface area (Å²) in [5.74, 6) is 0. The highest BCUT2D eigenvalue weighted by molar-refractivity contribution is 14.1. The Balaban J connectivity index is 2.48. The van der Waals surface area contributed by atoms with Gasteiger partial charge < -0.3 is 4.40 Å². The smallest absolute Gasteiger partial charge is 0.306 e. The summed E-state index contributed by atoms with van der Waals surface area (Å²) in [5.41, 5.74) is 0.444. The first-order chi connectivity index (χ1) is 7.37. The molecule has 0 amide bonds. The van der Waals surface area contributed by atoms with Gasteiger partial charge in [-0.15, -0.1) is 0 Å². The first-order valence-electron chi connectivity index (χ1n) is 4.25. The van der Waals surface area contributed by atoms with Crippen LogP contribution in [0.2, 0.25) is 5.02 Å². The Hall–Kier alpha value is -0.500. The molecule has 2 aromatic heterocycles. The van der Waals surface area contributed by atoms with Crippen molar-refractivity contribution in [3.63, 3.8) is 0 Å². The molecular formula is C9H5ClF3IN2. The van der Waals surface area contributed by atoms with Gasteiger partial charge in [0.05, 0.1) is 20.7 Å². The van der Waals surface area contributed by atoms with Gasteiger partial charge in [0, 0.05) is 12.4 Å². The van der Waals surface area contributed by atoms with E-state index >= 15 is 0 Å². The minimum absolute atomic E-state index is 0.00678. The van der Waals surface area contributed by atoms with E-state index in [1.165, 1.54) is 10.6 Å². The minimum Gasteiger partial charge on any atom is -0.306 e. The lowest BCUT2D eigenvalue weighted by molar-refractivity contribution is -0.127. The maximum atomic E-state index is 12.2. The summed E-state index contributed by atoms with van der Waals surface area (Å²) in [6, 6.07) is 1.62. The fourth-order valence-electron chi connectivity index (χ4n) is 1.34. The Bertz CT molecular complexity index is 535. The number of imidazole rings is 1. The molecule has 16 heavy (non-hydrogen) atoms. The van der Waals surface area contributed by atoms with Crippen molar-refractivity contribution in [3.05, 3.63) is 32.7 Å². The molecule has 0 fully saturated rings. The topological polar surface area (TPSA) is 17.3 Å². The molecule has 86 valence electrons. The summed E-state index contributed by atoms with van der Waals surface area (Å²) in [7, 11) is 0. The molecule has 0 spiro atoms. The van der Waals surface area contributed by atoms with Crippen LogP contribution >= 0.6 is 34.2 Å². The molecule has 0 aliphatic rings. The van der Waals surface area contributed by atoms with Crippen molar-refractivity contribution in [2.24, 2.45) is 0 Å². The highest BCUT2D eigenvalue weighted by Crippen LogP contribution is 2.25. The Morgan fingerprint density at radius 2 is 2.12 bits per heavy atom. The van der Waals surface area contributed by atoms with Crippen molar-refractivity contribution in [2.45, 2.75) is 12.6 Å². The molecule has 0 saturated heterocycles. The van der Waals surface area contributed by atoms with E-state index in [9.17, 15) is 13.2 Å². The van der Waals surface area contributed by atoms with Crippen molar-refractivity contribution < 1.29 is 13.2 Å². The number of rotatable bonds is 1. The van der Waals surface area contributed by atoms with Gasteiger partial charge in [-0.3, -0.25) is 0 Å². The van der Waals surface area contributed by atoms with Crippen LogP contribution < -0.4 is 0 Å². The summed E-state index contributed by atoms with van der Waals surface area (Å²) in [5, 5.41) is 0.484. The standard InChI is InChI=1S/C9H5ClF3IN2/c10-6-1-2-16-4-5(3-9(11,12)13)15-8(16)7(6)14/h1-2,4H,3H2. The van der Waals surface area contributed by atoms with Crippen LogP contribution in [0.15, 0.2) is 18.5 Å². The maximum absolute atomic E-state index is 12.2. The van der Waals surface area contributed by atoms with E-state index in [4.69, 9.17) is 11.6 Å². The Kier molecular flexibility index (Phi) is 3.04. The summed E-state index contributed by atoms with van der Waals surface area (Å²) >= 11 is 7.80. The average Bonchev–Trinajstić information content (AvgIpc) is 2.52. The number of fused-ring (bicyclic) bond motifs is 1. The van der Waals surface area contributed by atoms with Crippen LogP contribution in [0, 0.1) is 3.57 Å². The van der Waals surface area contributed by atoms with Gasteiger partial charge in [0.15, 0.2) is 5.65 Å². The van der Waals surface area contributed by atoms with E-state index in [-0.39, 0.29) is 5.69 Å². The Morgan fingerprint density at radius 1 is 1.44 bits per heavy atom. The van der Waals surface area contributed by atoms with Gasteiger partial charge in [-0.05, 0) is 28.7 Å². The lowest BCUT2D eigenvalue weighted by Gasteiger charge is -2.01. The molecular weight excluding hydrogens is 355 g/mol. The highest BCUT2D eigenvalue weighted by atomic mass is 127. The fourth-order valence-corrected chi connectivity index (χ4v) is 2.06. The van der Waals surface area contributed by atoms with Gasteiger partial charge in [0.2, 0.25) is 0 Å². The summed E-state index contributed by atoms with van der Waals surface area (Å²) < 4.78 is 38.7. The zero-order chi connectivity index (χ0) is 11.9. The quantitative estimate of drug-likeness (QED) is 0.709. The molecule has 0 atom stereocenters. The van der Waals surface area contributed by atoms with Gasteiger partial charge in [-0.2, -0.15) is 13.2 Å². The molecule has 0 aliphatic carbocycles. The lowest BCUT2D eigenvalue weighted by atomic mass is 10.3. The number of aromatic nitrogens is 2. The number of hydrogen-bond acceptors (Lipinski definition) is 1. The second-order valence-electron chi connectivity index (χ2n) is 3.23.